The van der Waals surface area contributed by atoms with Gasteiger partial charge in [-0.05, 0) is 14.0 Å². The molecule has 100 valence electrons. The average Bonchev–Trinajstić information content (AvgIpc) is 2.78. The van der Waals surface area contributed by atoms with Crippen molar-refractivity contribution in [3.05, 3.63) is 12.2 Å². The second-order valence-electron chi connectivity index (χ2n) is 4.56. The van der Waals surface area contributed by atoms with Gasteiger partial charge < -0.3 is 5.11 Å². The van der Waals surface area contributed by atoms with Gasteiger partial charge in [0.05, 0.1) is 6.54 Å². The number of hydrogen-bond donors (Lipinski definition) is 1. The van der Waals surface area contributed by atoms with E-state index in [-0.39, 0.29) is 0 Å². The highest BCUT2D eigenvalue weighted by Crippen LogP contribution is 2.11. The van der Waals surface area contributed by atoms with Crippen molar-refractivity contribution in [2.75, 3.05) is 26.7 Å². The van der Waals surface area contributed by atoms with E-state index in [4.69, 9.17) is 5.11 Å². The summed E-state index contributed by atoms with van der Waals surface area (Å²) in [6, 6.07) is -0.434. The predicted octanol–water partition coefficient (Wildman–Crippen LogP) is -0.501. The SMILES string of the molecule is CCn1ncnc1CN1CCN(C)C(C(=O)O)C1. The summed E-state index contributed by atoms with van der Waals surface area (Å²) in [4.78, 5) is 19.4. The van der Waals surface area contributed by atoms with Crippen LogP contribution in [-0.4, -0.2) is 68.4 Å². The summed E-state index contributed by atoms with van der Waals surface area (Å²) in [6.07, 6.45) is 1.55. The fourth-order valence-electron chi connectivity index (χ4n) is 2.22. The molecule has 1 atom stereocenters. The van der Waals surface area contributed by atoms with Gasteiger partial charge >= 0.3 is 5.97 Å². The van der Waals surface area contributed by atoms with Crippen LogP contribution in [0.25, 0.3) is 0 Å². The van der Waals surface area contributed by atoms with Crippen molar-refractivity contribution >= 4 is 5.97 Å². The lowest BCUT2D eigenvalue weighted by Crippen LogP contribution is -2.54. The minimum atomic E-state index is -0.765. The molecule has 1 aromatic rings. The van der Waals surface area contributed by atoms with Gasteiger partial charge in [-0.25, -0.2) is 9.67 Å². The van der Waals surface area contributed by atoms with E-state index >= 15 is 0 Å². The Morgan fingerprint density at radius 2 is 2.33 bits per heavy atom. The van der Waals surface area contributed by atoms with Gasteiger partial charge in [0.2, 0.25) is 0 Å². The van der Waals surface area contributed by atoms with Gasteiger partial charge in [-0.3, -0.25) is 14.6 Å². The van der Waals surface area contributed by atoms with Gasteiger partial charge in [0, 0.05) is 26.2 Å². The molecule has 1 aromatic heterocycles. The van der Waals surface area contributed by atoms with Crippen LogP contribution in [0, 0.1) is 0 Å². The maximum atomic E-state index is 11.1. The Morgan fingerprint density at radius 1 is 1.56 bits per heavy atom. The first-order valence-electron chi connectivity index (χ1n) is 6.14. The Morgan fingerprint density at radius 3 is 3.00 bits per heavy atom. The monoisotopic (exact) mass is 253 g/mol. The molecule has 0 radical (unpaired) electrons. The third kappa shape index (κ3) is 2.68. The Bertz CT molecular complexity index is 419. The fourth-order valence-corrected chi connectivity index (χ4v) is 2.22. The van der Waals surface area contributed by atoms with E-state index < -0.39 is 12.0 Å². The molecule has 1 unspecified atom stereocenters. The lowest BCUT2D eigenvalue weighted by Gasteiger charge is -2.36. The summed E-state index contributed by atoms with van der Waals surface area (Å²) in [5.41, 5.74) is 0. The first kappa shape index (κ1) is 13.0. The van der Waals surface area contributed by atoms with Crippen molar-refractivity contribution in [2.24, 2.45) is 0 Å². The van der Waals surface area contributed by atoms with Crippen molar-refractivity contribution in [3.8, 4) is 0 Å². The molecule has 7 heteroatoms. The zero-order valence-electron chi connectivity index (χ0n) is 10.8. The summed E-state index contributed by atoms with van der Waals surface area (Å²) < 4.78 is 1.84. The second-order valence-corrected chi connectivity index (χ2v) is 4.56. The van der Waals surface area contributed by atoms with Crippen LogP contribution in [0.5, 0.6) is 0 Å². The van der Waals surface area contributed by atoms with Gasteiger partial charge in [0.15, 0.2) is 0 Å². The number of nitrogens with zero attached hydrogens (tertiary/aromatic N) is 5. The smallest absolute Gasteiger partial charge is 0.322 e. The minimum absolute atomic E-state index is 0.434. The third-order valence-electron chi connectivity index (χ3n) is 3.38. The molecule has 0 amide bonds. The number of hydrogen-bond acceptors (Lipinski definition) is 5. The number of likely N-dealkylation sites (N-methyl/N-ethyl adjacent to an activating group) is 1. The Kier molecular flexibility index (Phi) is 3.93. The summed E-state index contributed by atoms with van der Waals surface area (Å²) >= 11 is 0. The Labute approximate surface area is 106 Å². The van der Waals surface area contributed by atoms with E-state index in [0.717, 1.165) is 25.5 Å². The summed E-state index contributed by atoms with van der Waals surface area (Å²) in [7, 11) is 1.85. The van der Waals surface area contributed by atoms with Crippen molar-refractivity contribution in [1.82, 2.24) is 24.6 Å². The molecule has 1 saturated heterocycles. The van der Waals surface area contributed by atoms with Gasteiger partial charge in [-0.2, -0.15) is 5.10 Å². The largest absolute Gasteiger partial charge is 0.480 e. The molecule has 0 aliphatic carbocycles. The Hall–Kier alpha value is -1.47. The van der Waals surface area contributed by atoms with Crippen LogP contribution in [0.15, 0.2) is 6.33 Å². The van der Waals surface area contributed by atoms with E-state index in [0.29, 0.717) is 13.1 Å². The number of aromatic nitrogens is 3. The quantitative estimate of drug-likeness (QED) is 0.779. The first-order chi connectivity index (χ1) is 8.61. The van der Waals surface area contributed by atoms with Crippen LogP contribution in [0.2, 0.25) is 0 Å². The number of carbonyl (C=O) groups is 1. The highest BCUT2D eigenvalue weighted by atomic mass is 16.4. The summed E-state index contributed by atoms with van der Waals surface area (Å²) in [5.74, 6) is 0.130. The van der Waals surface area contributed by atoms with Crippen LogP contribution in [0.3, 0.4) is 0 Å². The van der Waals surface area contributed by atoms with Crippen molar-refractivity contribution in [3.63, 3.8) is 0 Å². The third-order valence-corrected chi connectivity index (χ3v) is 3.38. The molecule has 0 aromatic carbocycles. The molecule has 2 rings (SSSR count). The maximum absolute atomic E-state index is 11.1. The van der Waals surface area contributed by atoms with Crippen molar-refractivity contribution < 1.29 is 9.90 Å². The highest BCUT2D eigenvalue weighted by Gasteiger charge is 2.30. The molecule has 1 aliphatic heterocycles. The van der Waals surface area contributed by atoms with Crippen LogP contribution in [-0.2, 0) is 17.9 Å². The number of carboxylic acids is 1. The van der Waals surface area contributed by atoms with E-state index in [2.05, 4.69) is 15.0 Å². The van der Waals surface area contributed by atoms with E-state index in [1.807, 2.05) is 23.6 Å². The second kappa shape index (κ2) is 5.45. The topological polar surface area (TPSA) is 74.5 Å². The molecule has 7 nitrogen and oxygen atoms in total. The van der Waals surface area contributed by atoms with Gasteiger partial charge in [0.25, 0.3) is 0 Å². The number of aryl methyl sites for hydroxylation is 1. The summed E-state index contributed by atoms with van der Waals surface area (Å²) in [6.45, 7) is 5.61. The van der Waals surface area contributed by atoms with E-state index in [1.54, 1.807) is 6.33 Å². The lowest BCUT2D eigenvalue weighted by molar-refractivity contribution is -0.145. The minimum Gasteiger partial charge on any atom is -0.480 e. The lowest BCUT2D eigenvalue weighted by atomic mass is 10.2. The fraction of sp³-hybridized carbons (Fsp3) is 0.727. The van der Waals surface area contributed by atoms with Gasteiger partial charge in [-0.1, -0.05) is 0 Å². The molecule has 0 saturated carbocycles. The van der Waals surface area contributed by atoms with Crippen molar-refractivity contribution in [1.29, 1.82) is 0 Å². The zero-order chi connectivity index (χ0) is 13.1. The zero-order valence-corrected chi connectivity index (χ0v) is 10.8. The first-order valence-corrected chi connectivity index (χ1v) is 6.14. The van der Waals surface area contributed by atoms with Gasteiger partial charge in [0.1, 0.15) is 18.2 Å². The molecule has 1 aliphatic rings. The number of carboxylic acid groups (broad SMARTS) is 1. The molecule has 1 N–H and O–H groups in total. The predicted molar refractivity (Wildman–Crippen MR) is 65.0 cm³/mol. The van der Waals surface area contributed by atoms with Crippen molar-refractivity contribution in [2.45, 2.75) is 26.1 Å². The molecular formula is C11H19N5O2. The van der Waals surface area contributed by atoms with Gasteiger partial charge in [-0.15, -0.1) is 0 Å². The molecular weight excluding hydrogens is 234 g/mol. The highest BCUT2D eigenvalue weighted by molar-refractivity contribution is 5.73. The van der Waals surface area contributed by atoms with E-state index in [9.17, 15) is 4.79 Å². The van der Waals surface area contributed by atoms with Crippen LogP contribution >= 0.6 is 0 Å². The Balaban J connectivity index is 2.00. The van der Waals surface area contributed by atoms with E-state index in [1.165, 1.54) is 0 Å². The number of rotatable bonds is 4. The maximum Gasteiger partial charge on any atom is 0.322 e. The normalized spacial score (nSPS) is 22.2. The molecule has 1 fully saturated rings. The molecule has 18 heavy (non-hydrogen) atoms. The van der Waals surface area contributed by atoms with Crippen LogP contribution < -0.4 is 0 Å². The standard InChI is InChI=1S/C11H19N5O2/c1-3-16-10(12-8-13-16)7-15-5-4-14(2)9(6-15)11(17)18/h8-9H,3-7H2,1-2H3,(H,17,18). The molecule has 0 spiro atoms. The summed E-state index contributed by atoms with van der Waals surface area (Å²) in [5, 5.41) is 13.3. The molecule has 2 heterocycles. The molecule has 0 bridgehead atoms. The number of piperazine rings is 1. The number of aliphatic carboxylic acids is 1. The average molecular weight is 253 g/mol. The van der Waals surface area contributed by atoms with Crippen LogP contribution in [0.4, 0.5) is 0 Å². The van der Waals surface area contributed by atoms with Crippen LogP contribution in [0.1, 0.15) is 12.7 Å².